The molecule has 0 bridgehead atoms. The fourth-order valence-corrected chi connectivity index (χ4v) is 3.32. The summed E-state index contributed by atoms with van der Waals surface area (Å²) in [4.78, 5) is 30.0. The fourth-order valence-electron chi connectivity index (χ4n) is 3.32. The highest BCUT2D eigenvalue weighted by Gasteiger charge is 2.34. The number of nitrogen functional groups attached to an aromatic ring is 1. The van der Waals surface area contributed by atoms with Crippen LogP contribution < -0.4 is 27.9 Å². The van der Waals surface area contributed by atoms with Crippen LogP contribution in [0.25, 0.3) is 5.82 Å². The van der Waals surface area contributed by atoms with Crippen molar-refractivity contribution >= 4 is 29.0 Å². The van der Waals surface area contributed by atoms with Gasteiger partial charge in [-0.15, -0.1) is 5.10 Å². The van der Waals surface area contributed by atoms with Crippen molar-refractivity contribution in [2.75, 3.05) is 18.1 Å². The molecular weight excluding hydrogens is 507 g/mol. The molecule has 1 aromatic carbocycles. The third-order valence-corrected chi connectivity index (χ3v) is 5.04. The lowest BCUT2D eigenvalue weighted by atomic mass is 10.0. The molecule has 0 aliphatic rings. The van der Waals surface area contributed by atoms with Crippen LogP contribution in [-0.2, 0) is 6.54 Å². The predicted octanol–water partition coefficient (Wildman–Crippen LogP) is 1.15. The Morgan fingerprint density at radius 3 is 2.58 bits per heavy atom. The molecule has 13 nitrogen and oxygen atoms in total. The van der Waals surface area contributed by atoms with E-state index < -0.39 is 30.4 Å². The zero-order valence-corrected chi connectivity index (χ0v) is 20.0. The smallest absolute Gasteiger partial charge is 0.396 e. The van der Waals surface area contributed by atoms with Crippen molar-refractivity contribution in [1.29, 1.82) is 5.26 Å². The van der Waals surface area contributed by atoms with Gasteiger partial charge >= 0.3 is 6.18 Å². The molecule has 0 radical (unpaired) electrons. The highest BCUT2D eigenvalue weighted by molar-refractivity contribution is 6.09. The summed E-state index contributed by atoms with van der Waals surface area (Å²) < 4.78 is 39.2. The summed E-state index contributed by atoms with van der Waals surface area (Å²) in [5.74, 6) is 2.60. The van der Waals surface area contributed by atoms with Gasteiger partial charge in [0.25, 0.3) is 11.8 Å². The fraction of sp³-hybridized carbons (Fsp3) is 0.182. The van der Waals surface area contributed by atoms with E-state index in [0.29, 0.717) is 10.7 Å². The van der Waals surface area contributed by atoms with Crippen molar-refractivity contribution in [2.24, 2.45) is 16.7 Å². The van der Waals surface area contributed by atoms with Crippen LogP contribution in [0, 0.1) is 18.3 Å². The number of nitrogens with zero attached hydrogens (tertiary/aromatic N) is 6. The number of halogens is 3. The number of aryl methyl sites for hydroxylation is 1. The summed E-state index contributed by atoms with van der Waals surface area (Å²) in [6.07, 6.45) is -3.50. The number of carbonyl (C=O) groups excluding carboxylic acids is 2. The maximum atomic E-state index is 13.4. The quantitative estimate of drug-likeness (QED) is 0.129. The summed E-state index contributed by atoms with van der Waals surface area (Å²) in [7, 11) is 1.39. The third-order valence-electron chi connectivity index (χ3n) is 5.04. The van der Waals surface area contributed by atoms with Crippen molar-refractivity contribution < 1.29 is 22.8 Å². The number of aromatic nitrogens is 3. The molecule has 38 heavy (non-hydrogen) atoms. The number of hydrogen-bond acceptors (Lipinski definition) is 9. The summed E-state index contributed by atoms with van der Waals surface area (Å²) in [6, 6.07) is 9.03. The van der Waals surface area contributed by atoms with Gasteiger partial charge in [0.1, 0.15) is 5.69 Å². The average molecular weight is 529 g/mol. The Labute approximate surface area is 213 Å². The maximum Gasteiger partial charge on any atom is 0.450 e. The van der Waals surface area contributed by atoms with Gasteiger partial charge in [-0.1, -0.05) is 0 Å². The molecule has 198 valence electrons. The molecule has 0 aliphatic heterocycles. The van der Waals surface area contributed by atoms with E-state index in [2.05, 4.69) is 25.8 Å². The standard InChI is InChI=1S/C22H22F3N11O2/c1-11-6-12(9-26)7-14(19(37)30-2)17(11)32-20(38)16-8-13(10-35(29)34-21(28)22(23,24)25)33-36(16)18-15(27)4-3-5-31-18/h3-8H,10,27,29H2,1-2H3,(H2,28,34)(H,30,37)(H,32,38). The SMILES string of the molecule is CNC(=O)c1cc(C#N)cc(C)c1NC(=O)c1cc(CN(N)/N=C(\N)C(F)(F)F)nn1-c1ncccc1N. The highest BCUT2D eigenvalue weighted by Crippen LogP contribution is 2.25. The number of nitrogens with two attached hydrogens (primary N) is 3. The van der Waals surface area contributed by atoms with E-state index in [1.807, 2.05) is 6.07 Å². The lowest BCUT2D eigenvalue weighted by Gasteiger charge is -2.14. The molecular formula is C22H22F3N11O2. The van der Waals surface area contributed by atoms with Gasteiger partial charge in [0.2, 0.25) is 5.84 Å². The van der Waals surface area contributed by atoms with E-state index in [1.165, 1.54) is 37.5 Å². The molecule has 0 fully saturated rings. The number of hydrogen-bond donors (Lipinski definition) is 5. The van der Waals surface area contributed by atoms with Crippen LogP contribution in [0.2, 0.25) is 0 Å². The van der Waals surface area contributed by atoms with E-state index in [1.54, 1.807) is 13.0 Å². The second-order valence-electron chi connectivity index (χ2n) is 7.79. The van der Waals surface area contributed by atoms with Crippen molar-refractivity contribution in [3.05, 3.63) is 64.6 Å². The minimum Gasteiger partial charge on any atom is -0.396 e. The molecule has 3 aromatic rings. The van der Waals surface area contributed by atoms with Crippen LogP contribution in [0.5, 0.6) is 0 Å². The maximum absolute atomic E-state index is 13.4. The predicted molar refractivity (Wildman–Crippen MR) is 130 cm³/mol. The van der Waals surface area contributed by atoms with Crippen LogP contribution in [0.4, 0.5) is 24.5 Å². The molecule has 0 saturated carbocycles. The molecule has 2 amide bonds. The molecule has 0 saturated heterocycles. The zero-order valence-electron chi connectivity index (χ0n) is 20.0. The van der Waals surface area contributed by atoms with Crippen LogP contribution >= 0.6 is 0 Å². The summed E-state index contributed by atoms with van der Waals surface area (Å²) in [5, 5.41) is 22.0. The van der Waals surface area contributed by atoms with E-state index >= 15 is 0 Å². The minimum absolute atomic E-state index is 0.0181. The van der Waals surface area contributed by atoms with Crippen molar-refractivity contribution in [1.82, 2.24) is 25.2 Å². The van der Waals surface area contributed by atoms with Crippen molar-refractivity contribution in [2.45, 2.75) is 19.6 Å². The summed E-state index contributed by atoms with van der Waals surface area (Å²) in [6.45, 7) is 1.12. The average Bonchev–Trinajstić information content (AvgIpc) is 3.27. The number of hydrazone groups is 1. The second kappa shape index (κ2) is 10.8. The number of nitrogens with one attached hydrogen (secondary N) is 2. The summed E-state index contributed by atoms with van der Waals surface area (Å²) in [5.41, 5.74) is 11.7. The molecule has 3 rings (SSSR count). The molecule has 0 atom stereocenters. The Morgan fingerprint density at radius 1 is 1.26 bits per heavy atom. The van der Waals surface area contributed by atoms with Crippen LogP contribution in [0.3, 0.4) is 0 Å². The molecule has 8 N–H and O–H groups in total. The van der Waals surface area contributed by atoms with Gasteiger partial charge in [0, 0.05) is 13.2 Å². The number of amidine groups is 1. The first kappa shape index (κ1) is 27.4. The first-order chi connectivity index (χ1) is 17.8. The number of alkyl halides is 3. The van der Waals surface area contributed by atoms with E-state index in [4.69, 9.17) is 17.3 Å². The molecule has 2 heterocycles. The lowest BCUT2D eigenvalue weighted by Crippen LogP contribution is -2.36. The zero-order chi connectivity index (χ0) is 28.2. The highest BCUT2D eigenvalue weighted by atomic mass is 19.4. The number of benzene rings is 1. The van der Waals surface area contributed by atoms with Gasteiger partial charge in [-0.2, -0.15) is 23.5 Å². The third kappa shape index (κ3) is 5.96. The lowest BCUT2D eigenvalue weighted by molar-refractivity contribution is -0.0615. The largest absolute Gasteiger partial charge is 0.450 e. The van der Waals surface area contributed by atoms with Crippen molar-refractivity contribution in [3.8, 4) is 11.9 Å². The number of carbonyl (C=O) groups is 2. The Kier molecular flexibility index (Phi) is 7.82. The van der Waals surface area contributed by atoms with Gasteiger partial charge in [-0.25, -0.2) is 20.6 Å². The van der Waals surface area contributed by atoms with Crippen LogP contribution in [0.15, 0.2) is 41.6 Å². The van der Waals surface area contributed by atoms with Crippen LogP contribution in [0.1, 0.15) is 37.7 Å². The number of pyridine rings is 1. The normalized spacial score (nSPS) is 11.6. The Hall–Kier alpha value is -5.17. The molecule has 0 aliphatic carbocycles. The topological polar surface area (TPSA) is 206 Å². The first-order valence-corrected chi connectivity index (χ1v) is 10.7. The number of rotatable bonds is 7. The number of hydrazine groups is 1. The Bertz CT molecular complexity index is 1460. The van der Waals surface area contributed by atoms with Crippen LogP contribution in [-0.4, -0.2) is 50.8 Å². The Balaban J connectivity index is 2.06. The van der Waals surface area contributed by atoms with Gasteiger partial charge in [0.15, 0.2) is 5.82 Å². The number of nitriles is 1. The van der Waals surface area contributed by atoms with E-state index in [9.17, 15) is 28.0 Å². The van der Waals surface area contributed by atoms with Gasteiger partial charge in [0.05, 0.1) is 40.8 Å². The summed E-state index contributed by atoms with van der Waals surface area (Å²) >= 11 is 0. The molecule has 2 aromatic heterocycles. The van der Waals surface area contributed by atoms with Gasteiger partial charge < -0.3 is 22.1 Å². The molecule has 16 heteroatoms. The van der Waals surface area contributed by atoms with Gasteiger partial charge in [-0.3, -0.25) is 9.59 Å². The number of amides is 2. The van der Waals surface area contributed by atoms with Gasteiger partial charge in [-0.05, 0) is 42.8 Å². The van der Waals surface area contributed by atoms with Crippen molar-refractivity contribution in [3.63, 3.8) is 0 Å². The minimum atomic E-state index is -4.90. The molecule has 0 unspecified atom stereocenters. The monoisotopic (exact) mass is 529 g/mol. The first-order valence-electron chi connectivity index (χ1n) is 10.7. The second-order valence-corrected chi connectivity index (χ2v) is 7.79. The van der Waals surface area contributed by atoms with E-state index in [0.717, 1.165) is 4.68 Å². The molecule has 0 spiro atoms. The van der Waals surface area contributed by atoms with E-state index in [-0.39, 0.29) is 39.7 Å². The Morgan fingerprint density at radius 2 is 1.97 bits per heavy atom. The number of anilines is 2.